The molecule has 0 radical (unpaired) electrons. The van der Waals surface area contributed by atoms with Gasteiger partial charge in [-0.2, -0.15) is 0 Å². The number of rotatable bonds is 8. The lowest BCUT2D eigenvalue weighted by atomic mass is 9.97. The van der Waals surface area contributed by atoms with E-state index in [0.717, 1.165) is 30.5 Å². The second-order valence-electron chi connectivity index (χ2n) is 7.74. The van der Waals surface area contributed by atoms with Crippen molar-refractivity contribution in [2.75, 3.05) is 11.8 Å². The topological polar surface area (TPSA) is 115 Å². The van der Waals surface area contributed by atoms with Gasteiger partial charge in [0, 0.05) is 40.9 Å². The van der Waals surface area contributed by atoms with Crippen LogP contribution < -0.4 is 4.72 Å². The molecule has 3 aromatic rings. The molecule has 0 saturated heterocycles. The third-order valence-corrected chi connectivity index (χ3v) is 6.46. The summed E-state index contributed by atoms with van der Waals surface area (Å²) in [7, 11) is 1.28. The number of benzene rings is 1. The van der Waals surface area contributed by atoms with Crippen LogP contribution >= 0.6 is 11.9 Å². The normalized spacial score (nSPS) is 16.2. The highest BCUT2D eigenvalue weighted by molar-refractivity contribution is 8.04. The minimum Gasteiger partial charge on any atom is -0.484 e. The van der Waals surface area contributed by atoms with Crippen LogP contribution in [0, 0.1) is 22.5 Å². The molecule has 4 N–H and O–H groups in total. The second-order valence-corrected chi connectivity index (χ2v) is 8.62. The van der Waals surface area contributed by atoms with Gasteiger partial charge < -0.3 is 19.9 Å². The molecule has 2 unspecified atom stereocenters. The van der Waals surface area contributed by atoms with Crippen LogP contribution in [-0.2, 0) is 4.74 Å². The molecule has 0 amide bonds. The molecule has 2 aromatic heterocycles. The number of ether oxygens (including phenoxy) is 1. The summed E-state index contributed by atoms with van der Waals surface area (Å²) >= 11 is 0.627. The molecular weight excluding hydrogens is 498 g/mol. The Hall–Kier alpha value is -3.93. The van der Waals surface area contributed by atoms with E-state index in [1.807, 2.05) is 0 Å². The summed E-state index contributed by atoms with van der Waals surface area (Å²) in [5.74, 6) is -5.00. The largest absolute Gasteiger partial charge is 0.484 e. The van der Waals surface area contributed by atoms with Gasteiger partial charge in [0.15, 0.2) is 11.7 Å². The van der Waals surface area contributed by atoms with Crippen molar-refractivity contribution in [3.63, 3.8) is 0 Å². The van der Waals surface area contributed by atoms with Crippen molar-refractivity contribution in [2.45, 2.75) is 18.5 Å². The maximum absolute atomic E-state index is 15.3. The predicted molar refractivity (Wildman–Crippen MR) is 130 cm³/mol. The Morgan fingerprint density at radius 2 is 2.14 bits per heavy atom. The van der Waals surface area contributed by atoms with Gasteiger partial charge in [-0.3, -0.25) is 10.2 Å². The number of ketones is 1. The molecule has 0 spiro atoms. The van der Waals surface area contributed by atoms with Gasteiger partial charge in [-0.05, 0) is 47.9 Å². The number of anilines is 1. The van der Waals surface area contributed by atoms with Gasteiger partial charge in [-0.25, -0.2) is 22.5 Å². The molecule has 1 aliphatic rings. The Balaban J connectivity index is 1.68. The number of aromatic nitrogens is 2. The number of nitrogens with one attached hydrogen (secondary N) is 4. The van der Waals surface area contributed by atoms with E-state index in [4.69, 9.17) is 15.6 Å². The Morgan fingerprint density at radius 3 is 2.86 bits per heavy atom. The molecule has 12 heteroatoms. The molecular formula is C24H19F4N5O2S. The number of hydrogen-bond donors (Lipinski definition) is 4. The zero-order chi connectivity index (χ0) is 26.0. The van der Waals surface area contributed by atoms with Crippen LogP contribution in [0.3, 0.4) is 0 Å². The molecule has 2 heterocycles. The lowest BCUT2D eigenvalue weighted by Crippen LogP contribution is -2.15. The van der Waals surface area contributed by atoms with E-state index >= 15 is 4.39 Å². The van der Waals surface area contributed by atoms with E-state index in [2.05, 4.69) is 14.7 Å². The van der Waals surface area contributed by atoms with Crippen molar-refractivity contribution in [1.29, 1.82) is 10.8 Å². The molecule has 0 saturated carbocycles. The fraction of sp³-hybridized carbons (Fsp3) is 0.167. The monoisotopic (exact) mass is 517 g/mol. The summed E-state index contributed by atoms with van der Waals surface area (Å²) in [6.45, 7) is 0. The van der Waals surface area contributed by atoms with E-state index in [1.54, 1.807) is 0 Å². The molecule has 4 rings (SSSR count). The first-order chi connectivity index (χ1) is 17.2. The van der Waals surface area contributed by atoms with Gasteiger partial charge in [0.25, 0.3) is 0 Å². The van der Waals surface area contributed by atoms with Gasteiger partial charge in [-0.15, -0.1) is 0 Å². The third-order valence-electron chi connectivity index (χ3n) is 5.53. The van der Waals surface area contributed by atoms with Gasteiger partial charge in [0.2, 0.25) is 5.78 Å². The Kier molecular flexibility index (Phi) is 7.25. The van der Waals surface area contributed by atoms with Crippen LogP contribution in [0.4, 0.5) is 23.2 Å². The van der Waals surface area contributed by atoms with Gasteiger partial charge in [0.05, 0.1) is 24.3 Å². The predicted octanol–water partition coefficient (Wildman–Crippen LogP) is 5.97. The zero-order valence-electron chi connectivity index (χ0n) is 18.7. The number of alkyl halides is 1. The summed E-state index contributed by atoms with van der Waals surface area (Å²) in [6.07, 6.45) is 4.05. The Morgan fingerprint density at radius 1 is 1.36 bits per heavy atom. The van der Waals surface area contributed by atoms with Crippen LogP contribution in [0.15, 0.2) is 53.5 Å². The van der Waals surface area contributed by atoms with Gasteiger partial charge in [-0.1, -0.05) is 0 Å². The number of aromatic amines is 1. The van der Waals surface area contributed by atoms with Crippen molar-refractivity contribution < 1.29 is 27.1 Å². The maximum Gasteiger partial charge on any atom is 0.201 e. The number of pyridine rings is 1. The number of nitrogens with zero attached hydrogens (tertiary/aromatic N) is 1. The van der Waals surface area contributed by atoms with Crippen LogP contribution in [0.5, 0.6) is 0 Å². The Labute approximate surface area is 206 Å². The molecule has 186 valence electrons. The van der Waals surface area contributed by atoms with E-state index in [1.165, 1.54) is 25.6 Å². The van der Waals surface area contributed by atoms with Crippen LogP contribution in [-0.4, -0.2) is 41.1 Å². The van der Waals surface area contributed by atoms with Crippen molar-refractivity contribution in [3.8, 4) is 0 Å². The third kappa shape index (κ3) is 4.76. The van der Waals surface area contributed by atoms with E-state index in [0.29, 0.717) is 17.5 Å². The van der Waals surface area contributed by atoms with Gasteiger partial charge in [0.1, 0.15) is 23.5 Å². The number of carbonyl (C=O) groups excluding carboxylic acids is 1. The highest BCUT2D eigenvalue weighted by Crippen LogP contribution is 2.34. The minimum absolute atomic E-state index is 0.0239. The summed E-state index contributed by atoms with van der Waals surface area (Å²) in [4.78, 5) is 20.2. The SMILES string of the molecule is COC(=N)C(C=N)c1cnc2[nH]cc(C(=O)c3c(F)ccc(NSC4=CC(F)=CCC4F)c3F)c2c1. The summed E-state index contributed by atoms with van der Waals surface area (Å²) in [6, 6.07) is 3.44. The molecule has 1 aromatic carbocycles. The number of hydrogen-bond acceptors (Lipinski definition) is 7. The number of carbonyl (C=O) groups is 1. The lowest BCUT2D eigenvalue weighted by molar-refractivity contribution is 0.103. The molecule has 0 aliphatic heterocycles. The zero-order valence-corrected chi connectivity index (χ0v) is 19.5. The van der Waals surface area contributed by atoms with Gasteiger partial charge >= 0.3 is 0 Å². The van der Waals surface area contributed by atoms with Crippen molar-refractivity contribution in [1.82, 2.24) is 9.97 Å². The van der Waals surface area contributed by atoms with E-state index in [9.17, 15) is 18.0 Å². The molecule has 0 bridgehead atoms. The standard InChI is InChI=1S/C24H19F4N5O2S/c1-35-23(30)14(8-29)11-6-13-15(10-32-24(13)31-9-11)22(34)20-17(27)4-5-18(21(20)28)33-36-19-7-12(25)2-3-16(19)26/h2,4-10,14,16,29-30,33H,3H2,1H3,(H,31,32). The molecule has 0 fully saturated rings. The molecule has 7 nitrogen and oxygen atoms in total. The molecule has 1 aliphatic carbocycles. The Bertz CT molecular complexity index is 1440. The number of methoxy groups -OCH3 is 1. The van der Waals surface area contributed by atoms with Crippen LogP contribution in [0.1, 0.15) is 33.8 Å². The smallest absolute Gasteiger partial charge is 0.201 e. The average molecular weight is 518 g/mol. The average Bonchev–Trinajstić information content (AvgIpc) is 3.29. The fourth-order valence-electron chi connectivity index (χ4n) is 3.63. The first kappa shape index (κ1) is 25.2. The molecule has 36 heavy (non-hydrogen) atoms. The lowest BCUT2D eigenvalue weighted by Gasteiger charge is -2.16. The summed E-state index contributed by atoms with van der Waals surface area (Å²) in [5, 5.41) is 15.7. The highest BCUT2D eigenvalue weighted by Gasteiger charge is 2.26. The minimum atomic E-state index is -1.48. The van der Waals surface area contributed by atoms with E-state index in [-0.39, 0.29) is 39.5 Å². The second kappa shape index (κ2) is 10.4. The fourth-order valence-corrected chi connectivity index (χ4v) is 4.41. The van der Waals surface area contributed by atoms with Crippen LogP contribution in [0.25, 0.3) is 11.0 Å². The summed E-state index contributed by atoms with van der Waals surface area (Å²) in [5.41, 5.74) is -0.590. The van der Waals surface area contributed by atoms with Crippen LogP contribution in [0.2, 0.25) is 0 Å². The van der Waals surface area contributed by atoms with E-state index < -0.39 is 40.9 Å². The number of H-pyrrole nitrogens is 1. The van der Waals surface area contributed by atoms with Crippen molar-refractivity contribution >= 4 is 46.6 Å². The quantitative estimate of drug-likeness (QED) is 0.0967. The molecule has 2 atom stereocenters. The first-order valence-electron chi connectivity index (χ1n) is 10.5. The number of halogens is 4. The highest BCUT2D eigenvalue weighted by atomic mass is 32.2. The number of fused-ring (bicyclic) bond motifs is 1. The first-order valence-corrected chi connectivity index (χ1v) is 11.3. The maximum atomic E-state index is 15.3. The number of allylic oxidation sites excluding steroid dienone is 4. The summed E-state index contributed by atoms with van der Waals surface area (Å²) < 4.78 is 64.9. The van der Waals surface area contributed by atoms with Crippen molar-refractivity contribution in [2.24, 2.45) is 0 Å². The van der Waals surface area contributed by atoms with Crippen molar-refractivity contribution in [3.05, 3.63) is 81.8 Å².